The molecule has 1 saturated carbocycles. The Morgan fingerprint density at radius 1 is 1.25 bits per heavy atom. The lowest BCUT2D eigenvalue weighted by molar-refractivity contribution is -0.118. The smallest absolute Gasteiger partial charge is 0.246 e. The summed E-state index contributed by atoms with van der Waals surface area (Å²) in [4.78, 5) is 12.1. The summed E-state index contributed by atoms with van der Waals surface area (Å²) in [7, 11) is 0. The molecule has 0 unspecified atom stereocenters. The minimum absolute atomic E-state index is 0.119. The van der Waals surface area contributed by atoms with Crippen molar-refractivity contribution in [1.29, 1.82) is 0 Å². The second kappa shape index (κ2) is 7.25. The van der Waals surface area contributed by atoms with Crippen LogP contribution in [-0.4, -0.2) is 17.1 Å². The molecule has 1 aromatic rings. The Kier molecular flexibility index (Phi) is 5.36. The van der Waals surface area contributed by atoms with Gasteiger partial charge in [-0.05, 0) is 18.4 Å². The van der Waals surface area contributed by atoms with Gasteiger partial charge in [-0.15, -0.1) is 0 Å². The van der Waals surface area contributed by atoms with E-state index >= 15 is 0 Å². The molecule has 0 saturated heterocycles. The first kappa shape index (κ1) is 14.8. The van der Waals surface area contributed by atoms with Crippen molar-refractivity contribution in [2.75, 3.05) is 0 Å². The predicted octanol–water partition coefficient (Wildman–Crippen LogP) is 3.12. The van der Waals surface area contributed by atoms with Gasteiger partial charge in [0.25, 0.3) is 0 Å². The molecular formula is C17H23NO2. The average Bonchev–Trinajstić information content (AvgIpc) is 2.49. The normalized spacial score (nSPS) is 17.4. The molecule has 0 heterocycles. The molecule has 1 aliphatic carbocycles. The molecule has 1 aliphatic rings. The van der Waals surface area contributed by atoms with Gasteiger partial charge in [0, 0.05) is 18.0 Å². The Morgan fingerprint density at radius 3 is 2.55 bits per heavy atom. The quantitative estimate of drug-likeness (QED) is 0.810. The number of aliphatic hydroxyl groups is 1. The minimum Gasteiger partial charge on any atom is -0.388 e. The summed E-state index contributed by atoms with van der Waals surface area (Å²) < 4.78 is 0. The fourth-order valence-electron chi connectivity index (χ4n) is 2.65. The van der Waals surface area contributed by atoms with Crippen LogP contribution >= 0.6 is 0 Å². The number of aliphatic hydroxyl groups excluding tert-OH is 1. The van der Waals surface area contributed by atoms with E-state index in [-0.39, 0.29) is 18.4 Å². The molecule has 108 valence electrons. The lowest BCUT2D eigenvalue weighted by Crippen LogP contribution is -2.37. The van der Waals surface area contributed by atoms with Crippen LogP contribution in [0.25, 0.3) is 0 Å². The molecule has 0 bridgehead atoms. The first-order chi connectivity index (χ1) is 9.66. The molecule has 0 aliphatic heterocycles. The maximum Gasteiger partial charge on any atom is 0.246 e. The van der Waals surface area contributed by atoms with E-state index in [0.29, 0.717) is 5.57 Å². The van der Waals surface area contributed by atoms with Crippen LogP contribution in [-0.2, 0) is 4.79 Å². The van der Waals surface area contributed by atoms with E-state index in [0.717, 1.165) is 18.4 Å². The Bertz CT molecular complexity index is 449. The van der Waals surface area contributed by atoms with Gasteiger partial charge in [-0.1, -0.05) is 56.2 Å². The van der Waals surface area contributed by atoms with Gasteiger partial charge >= 0.3 is 0 Å². The van der Waals surface area contributed by atoms with Crippen molar-refractivity contribution in [3.05, 3.63) is 48.0 Å². The lowest BCUT2D eigenvalue weighted by Gasteiger charge is -2.23. The van der Waals surface area contributed by atoms with Gasteiger partial charge < -0.3 is 10.4 Å². The number of hydrogen-bond donors (Lipinski definition) is 2. The first-order valence-corrected chi connectivity index (χ1v) is 7.38. The van der Waals surface area contributed by atoms with Crippen LogP contribution in [0, 0.1) is 0 Å². The van der Waals surface area contributed by atoms with Crippen molar-refractivity contribution in [2.24, 2.45) is 0 Å². The molecule has 2 rings (SSSR count). The molecule has 1 amide bonds. The van der Waals surface area contributed by atoms with Crippen molar-refractivity contribution in [3.8, 4) is 0 Å². The number of carbonyl (C=O) groups excluding carboxylic acids is 1. The highest BCUT2D eigenvalue weighted by Crippen LogP contribution is 2.21. The zero-order valence-corrected chi connectivity index (χ0v) is 11.8. The number of rotatable bonds is 5. The first-order valence-electron chi connectivity index (χ1n) is 7.38. The third kappa shape index (κ3) is 4.20. The van der Waals surface area contributed by atoms with Gasteiger partial charge in [0.1, 0.15) is 0 Å². The summed E-state index contributed by atoms with van der Waals surface area (Å²) in [5.74, 6) is -0.119. The molecule has 0 aromatic heterocycles. The SMILES string of the molecule is C=C(C[C@H](O)c1ccccc1)C(=O)NC1CCCCC1. The maximum atomic E-state index is 12.1. The van der Waals surface area contributed by atoms with Gasteiger partial charge in [0.05, 0.1) is 6.10 Å². The summed E-state index contributed by atoms with van der Waals surface area (Å²) in [6.45, 7) is 3.81. The van der Waals surface area contributed by atoms with Gasteiger partial charge in [-0.3, -0.25) is 4.79 Å². The van der Waals surface area contributed by atoms with Crippen LogP contribution in [0.15, 0.2) is 42.5 Å². The Morgan fingerprint density at radius 2 is 1.90 bits per heavy atom. The van der Waals surface area contributed by atoms with Crippen molar-refractivity contribution in [3.63, 3.8) is 0 Å². The number of hydrogen-bond acceptors (Lipinski definition) is 2. The maximum absolute atomic E-state index is 12.1. The van der Waals surface area contributed by atoms with E-state index in [9.17, 15) is 9.90 Å². The van der Waals surface area contributed by atoms with Crippen LogP contribution in [0.5, 0.6) is 0 Å². The van der Waals surface area contributed by atoms with Crippen LogP contribution in [0.4, 0.5) is 0 Å². The third-order valence-corrected chi connectivity index (χ3v) is 3.89. The van der Waals surface area contributed by atoms with Crippen LogP contribution in [0.2, 0.25) is 0 Å². The Hall–Kier alpha value is -1.61. The summed E-state index contributed by atoms with van der Waals surface area (Å²) in [5, 5.41) is 13.1. The third-order valence-electron chi connectivity index (χ3n) is 3.89. The second-order valence-corrected chi connectivity index (χ2v) is 5.54. The second-order valence-electron chi connectivity index (χ2n) is 5.54. The summed E-state index contributed by atoms with van der Waals surface area (Å²) in [6, 6.07) is 9.66. The highest BCUT2D eigenvalue weighted by Gasteiger charge is 2.19. The highest BCUT2D eigenvalue weighted by atomic mass is 16.3. The monoisotopic (exact) mass is 273 g/mol. The van der Waals surface area contributed by atoms with E-state index in [1.807, 2.05) is 30.3 Å². The molecule has 0 spiro atoms. The Labute approximate surface area is 120 Å². The van der Waals surface area contributed by atoms with E-state index in [1.54, 1.807) is 0 Å². The largest absolute Gasteiger partial charge is 0.388 e. The molecule has 2 N–H and O–H groups in total. The minimum atomic E-state index is -0.666. The highest BCUT2D eigenvalue weighted by molar-refractivity contribution is 5.93. The predicted molar refractivity (Wildman–Crippen MR) is 80.2 cm³/mol. The van der Waals surface area contributed by atoms with Gasteiger partial charge in [0.15, 0.2) is 0 Å². The molecule has 1 fully saturated rings. The zero-order valence-electron chi connectivity index (χ0n) is 11.8. The number of amides is 1. The molecule has 0 radical (unpaired) electrons. The topological polar surface area (TPSA) is 49.3 Å². The van der Waals surface area contributed by atoms with Crippen molar-refractivity contribution in [2.45, 2.75) is 50.7 Å². The molecule has 3 heteroatoms. The standard InChI is InChI=1S/C17H23NO2/c1-13(12-16(19)14-8-4-2-5-9-14)17(20)18-15-10-6-3-7-11-15/h2,4-5,8-9,15-16,19H,1,3,6-7,10-12H2,(H,18,20)/t16-/m0/s1. The Balaban J connectivity index is 1.83. The zero-order chi connectivity index (χ0) is 14.4. The van der Waals surface area contributed by atoms with Crippen molar-refractivity contribution in [1.82, 2.24) is 5.32 Å². The lowest BCUT2D eigenvalue weighted by atomic mass is 9.95. The van der Waals surface area contributed by atoms with Gasteiger partial charge in [0.2, 0.25) is 5.91 Å². The number of nitrogens with one attached hydrogen (secondary N) is 1. The fraction of sp³-hybridized carbons (Fsp3) is 0.471. The fourth-order valence-corrected chi connectivity index (χ4v) is 2.65. The van der Waals surface area contributed by atoms with Crippen molar-refractivity contribution >= 4 is 5.91 Å². The summed E-state index contributed by atoms with van der Waals surface area (Å²) >= 11 is 0. The molecule has 1 atom stereocenters. The van der Waals surface area contributed by atoms with Gasteiger partial charge in [-0.2, -0.15) is 0 Å². The van der Waals surface area contributed by atoms with E-state index < -0.39 is 6.10 Å². The summed E-state index contributed by atoms with van der Waals surface area (Å²) in [6.07, 6.45) is 5.36. The van der Waals surface area contributed by atoms with Crippen LogP contribution in [0.1, 0.15) is 50.2 Å². The van der Waals surface area contributed by atoms with E-state index in [2.05, 4.69) is 11.9 Å². The number of benzene rings is 1. The van der Waals surface area contributed by atoms with E-state index in [1.165, 1.54) is 19.3 Å². The van der Waals surface area contributed by atoms with Crippen LogP contribution < -0.4 is 5.32 Å². The summed E-state index contributed by atoms with van der Waals surface area (Å²) in [5.41, 5.74) is 1.27. The van der Waals surface area contributed by atoms with E-state index in [4.69, 9.17) is 0 Å². The molecular weight excluding hydrogens is 250 g/mol. The molecule has 20 heavy (non-hydrogen) atoms. The number of carbonyl (C=O) groups is 1. The van der Waals surface area contributed by atoms with Crippen molar-refractivity contribution < 1.29 is 9.90 Å². The average molecular weight is 273 g/mol. The molecule has 1 aromatic carbocycles. The van der Waals surface area contributed by atoms with Crippen LogP contribution in [0.3, 0.4) is 0 Å². The molecule has 3 nitrogen and oxygen atoms in total. The van der Waals surface area contributed by atoms with Gasteiger partial charge in [-0.25, -0.2) is 0 Å².